The standard InChI is InChI=1S/C23H26N2O4/c1-3-5-15-29-18-14-10-9-13-17(18)21-19(22(26)28-4-2)20(24-23(27)25-21)16-11-7-6-8-12-16/h6-14,21H,3-5,15H2,1-2H3,(H2,24,25,27). The Morgan fingerprint density at radius 2 is 1.76 bits per heavy atom. The Balaban J connectivity index is 2.11. The monoisotopic (exact) mass is 394 g/mol. The summed E-state index contributed by atoms with van der Waals surface area (Å²) < 4.78 is 11.3. The van der Waals surface area contributed by atoms with Crippen LogP contribution in [0.25, 0.3) is 5.70 Å². The highest BCUT2D eigenvalue weighted by molar-refractivity contribution is 6.04. The average molecular weight is 394 g/mol. The first-order chi connectivity index (χ1) is 14.2. The van der Waals surface area contributed by atoms with Gasteiger partial charge in [0.1, 0.15) is 5.75 Å². The van der Waals surface area contributed by atoms with Crippen molar-refractivity contribution in [3.63, 3.8) is 0 Å². The molecule has 0 saturated heterocycles. The van der Waals surface area contributed by atoms with E-state index >= 15 is 0 Å². The number of ether oxygens (including phenoxy) is 2. The van der Waals surface area contributed by atoms with Gasteiger partial charge in [0.05, 0.1) is 30.5 Å². The van der Waals surface area contributed by atoms with Crippen molar-refractivity contribution in [1.82, 2.24) is 10.6 Å². The summed E-state index contributed by atoms with van der Waals surface area (Å²) in [7, 11) is 0. The highest BCUT2D eigenvalue weighted by Crippen LogP contribution is 2.36. The number of para-hydroxylation sites is 1. The first kappa shape index (κ1) is 20.5. The molecule has 2 amide bonds. The molecule has 6 heteroatoms. The number of hydrogen-bond acceptors (Lipinski definition) is 4. The van der Waals surface area contributed by atoms with Crippen LogP contribution < -0.4 is 15.4 Å². The first-order valence-corrected chi connectivity index (χ1v) is 9.91. The summed E-state index contributed by atoms with van der Waals surface area (Å²) in [5.74, 6) is 0.162. The van der Waals surface area contributed by atoms with Crippen molar-refractivity contribution in [2.45, 2.75) is 32.7 Å². The van der Waals surface area contributed by atoms with E-state index in [0.29, 0.717) is 23.6 Å². The lowest BCUT2D eigenvalue weighted by Gasteiger charge is -2.30. The lowest BCUT2D eigenvalue weighted by Crippen LogP contribution is -2.45. The van der Waals surface area contributed by atoms with Crippen molar-refractivity contribution in [3.05, 3.63) is 71.3 Å². The number of esters is 1. The van der Waals surface area contributed by atoms with Gasteiger partial charge >= 0.3 is 12.0 Å². The molecule has 1 heterocycles. The molecule has 1 aliphatic rings. The van der Waals surface area contributed by atoms with Gasteiger partial charge in [-0.05, 0) is 25.0 Å². The highest BCUT2D eigenvalue weighted by Gasteiger charge is 2.35. The number of urea groups is 1. The fourth-order valence-electron chi connectivity index (χ4n) is 3.24. The zero-order valence-corrected chi connectivity index (χ0v) is 16.7. The lowest BCUT2D eigenvalue weighted by atomic mass is 9.92. The maximum absolute atomic E-state index is 12.9. The van der Waals surface area contributed by atoms with Crippen LogP contribution in [-0.4, -0.2) is 25.2 Å². The van der Waals surface area contributed by atoms with E-state index in [1.807, 2.05) is 54.6 Å². The second-order valence-electron chi connectivity index (χ2n) is 6.65. The van der Waals surface area contributed by atoms with Crippen LogP contribution >= 0.6 is 0 Å². The molecular formula is C23H26N2O4. The number of carbonyl (C=O) groups is 2. The van der Waals surface area contributed by atoms with E-state index in [1.165, 1.54) is 0 Å². The van der Waals surface area contributed by atoms with E-state index in [-0.39, 0.29) is 12.6 Å². The summed E-state index contributed by atoms with van der Waals surface area (Å²) in [4.78, 5) is 25.4. The molecule has 1 unspecified atom stereocenters. The maximum Gasteiger partial charge on any atom is 0.338 e. The fraction of sp³-hybridized carbons (Fsp3) is 0.304. The van der Waals surface area contributed by atoms with Crippen molar-refractivity contribution in [3.8, 4) is 5.75 Å². The molecule has 1 atom stereocenters. The van der Waals surface area contributed by atoms with E-state index in [2.05, 4.69) is 17.6 Å². The summed E-state index contributed by atoms with van der Waals surface area (Å²) in [5.41, 5.74) is 2.25. The highest BCUT2D eigenvalue weighted by atomic mass is 16.5. The second kappa shape index (κ2) is 9.78. The summed E-state index contributed by atoms with van der Waals surface area (Å²) in [5, 5.41) is 5.65. The first-order valence-electron chi connectivity index (χ1n) is 9.91. The summed E-state index contributed by atoms with van der Waals surface area (Å²) in [6.45, 7) is 4.65. The quantitative estimate of drug-likeness (QED) is 0.520. The Bertz CT molecular complexity index is 893. The Kier molecular flexibility index (Phi) is 6.89. The molecule has 0 aliphatic carbocycles. The normalized spacial score (nSPS) is 16.1. The minimum absolute atomic E-state index is 0.236. The van der Waals surface area contributed by atoms with Crippen LogP contribution in [0.1, 0.15) is 43.9 Å². The SMILES string of the molecule is CCCCOc1ccccc1C1NC(=O)NC(c2ccccc2)=C1C(=O)OCC. The minimum atomic E-state index is -0.684. The molecule has 2 N–H and O–H groups in total. The molecule has 0 aromatic heterocycles. The van der Waals surface area contributed by atoms with Crippen LogP contribution in [0.4, 0.5) is 4.79 Å². The molecule has 152 valence electrons. The van der Waals surface area contributed by atoms with Gasteiger partial charge in [0.25, 0.3) is 0 Å². The van der Waals surface area contributed by atoms with Gasteiger partial charge in [-0.25, -0.2) is 9.59 Å². The third-order valence-corrected chi connectivity index (χ3v) is 4.62. The molecule has 0 bridgehead atoms. The summed E-state index contributed by atoms with van der Waals surface area (Å²) >= 11 is 0. The third kappa shape index (κ3) is 4.77. The van der Waals surface area contributed by atoms with Crippen LogP contribution in [0, 0.1) is 0 Å². The van der Waals surface area contributed by atoms with E-state index in [9.17, 15) is 9.59 Å². The van der Waals surface area contributed by atoms with E-state index < -0.39 is 12.0 Å². The molecule has 0 radical (unpaired) electrons. The maximum atomic E-state index is 12.9. The van der Waals surface area contributed by atoms with Crippen LogP contribution in [0.5, 0.6) is 5.75 Å². The molecule has 0 saturated carbocycles. The minimum Gasteiger partial charge on any atom is -0.493 e. The van der Waals surface area contributed by atoms with Crippen LogP contribution in [0.15, 0.2) is 60.2 Å². The molecule has 0 fully saturated rings. The number of rotatable bonds is 8. The smallest absolute Gasteiger partial charge is 0.338 e. The zero-order chi connectivity index (χ0) is 20.6. The van der Waals surface area contributed by atoms with Gasteiger partial charge in [-0.15, -0.1) is 0 Å². The number of benzene rings is 2. The fourth-order valence-corrected chi connectivity index (χ4v) is 3.24. The Labute approximate surface area is 170 Å². The van der Waals surface area contributed by atoms with Crippen molar-refractivity contribution < 1.29 is 19.1 Å². The molecule has 2 aromatic rings. The van der Waals surface area contributed by atoms with Gasteiger partial charge < -0.3 is 20.1 Å². The van der Waals surface area contributed by atoms with Gasteiger partial charge in [-0.3, -0.25) is 0 Å². The van der Waals surface area contributed by atoms with Crippen molar-refractivity contribution >= 4 is 17.7 Å². The molecule has 0 spiro atoms. The predicted molar refractivity (Wildman–Crippen MR) is 111 cm³/mol. The second-order valence-corrected chi connectivity index (χ2v) is 6.65. The van der Waals surface area contributed by atoms with Gasteiger partial charge in [0, 0.05) is 5.56 Å². The predicted octanol–water partition coefficient (Wildman–Crippen LogP) is 4.19. The van der Waals surface area contributed by atoms with Gasteiger partial charge in [0.2, 0.25) is 0 Å². The number of hydrogen-bond donors (Lipinski definition) is 2. The van der Waals surface area contributed by atoms with Crippen LogP contribution in [0.2, 0.25) is 0 Å². The molecule has 6 nitrogen and oxygen atoms in total. The summed E-state index contributed by atoms with van der Waals surface area (Å²) in [6.07, 6.45) is 1.93. The topological polar surface area (TPSA) is 76.7 Å². The Hall–Kier alpha value is -3.28. The number of unbranched alkanes of at least 4 members (excludes halogenated alkanes) is 1. The number of carbonyl (C=O) groups excluding carboxylic acids is 2. The molecule has 3 rings (SSSR count). The molecule has 29 heavy (non-hydrogen) atoms. The van der Waals surface area contributed by atoms with Crippen molar-refractivity contribution in [1.29, 1.82) is 0 Å². The Morgan fingerprint density at radius 1 is 1.03 bits per heavy atom. The molecule has 2 aromatic carbocycles. The summed E-state index contributed by atoms with van der Waals surface area (Å²) in [6, 6.07) is 15.7. The average Bonchev–Trinajstić information content (AvgIpc) is 2.74. The molecule has 1 aliphatic heterocycles. The zero-order valence-electron chi connectivity index (χ0n) is 16.7. The van der Waals surface area contributed by atoms with Crippen LogP contribution in [0.3, 0.4) is 0 Å². The van der Waals surface area contributed by atoms with Gasteiger partial charge in [-0.2, -0.15) is 0 Å². The largest absolute Gasteiger partial charge is 0.493 e. The molecular weight excluding hydrogens is 368 g/mol. The number of amides is 2. The van der Waals surface area contributed by atoms with E-state index in [1.54, 1.807) is 6.92 Å². The van der Waals surface area contributed by atoms with Crippen molar-refractivity contribution in [2.24, 2.45) is 0 Å². The van der Waals surface area contributed by atoms with E-state index in [4.69, 9.17) is 9.47 Å². The number of nitrogens with one attached hydrogen (secondary N) is 2. The van der Waals surface area contributed by atoms with E-state index in [0.717, 1.165) is 24.0 Å². The van der Waals surface area contributed by atoms with Gasteiger partial charge in [-0.1, -0.05) is 61.9 Å². The Morgan fingerprint density at radius 3 is 2.48 bits per heavy atom. The lowest BCUT2D eigenvalue weighted by molar-refractivity contribution is -0.138. The van der Waals surface area contributed by atoms with Crippen LogP contribution in [-0.2, 0) is 9.53 Å². The third-order valence-electron chi connectivity index (χ3n) is 4.62. The van der Waals surface area contributed by atoms with Gasteiger partial charge in [0.15, 0.2) is 0 Å². The van der Waals surface area contributed by atoms with Crippen molar-refractivity contribution in [2.75, 3.05) is 13.2 Å².